The van der Waals surface area contributed by atoms with Crippen molar-refractivity contribution < 1.29 is 4.79 Å². The smallest absolute Gasteiger partial charge is 0.262 e. The van der Waals surface area contributed by atoms with Crippen LogP contribution >= 0.6 is 0 Å². The van der Waals surface area contributed by atoms with Crippen molar-refractivity contribution in [2.24, 2.45) is 0 Å². The zero-order valence-electron chi connectivity index (χ0n) is 13.3. The van der Waals surface area contributed by atoms with E-state index in [1.165, 1.54) is 5.56 Å². The number of nitrogens with one attached hydrogen (secondary N) is 1. The second kappa shape index (κ2) is 7.90. The van der Waals surface area contributed by atoms with Gasteiger partial charge in [0.15, 0.2) is 0 Å². The molecule has 0 saturated carbocycles. The molecule has 1 N–H and O–H groups in total. The number of carbonyl (C=O) groups excluding carboxylic acids is 1. The fourth-order valence-electron chi connectivity index (χ4n) is 2.06. The zero-order chi connectivity index (χ0) is 16.7. The molecule has 2 rings (SSSR count). The van der Waals surface area contributed by atoms with E-state index in [1.807, 2.05) is 48.5 Å². The summed E-state index contributed by atoms with van der Waals surface area (Å²) in [6.45, 7) is 4.54. The summed E-state index contributed by atoms with van der Waals surface area (Å²) >= 11 is 0. The number of pyridine rings is 1. The van der Waals surface area contributed by atoms with E-state index >= 15 is 0 Å². The minimum atomic E-state index is -0.397. The van der Waals surface area contributed by atoms with Crippen LogP contribution in [0.1, 0.15) is 36.6 Å². The standard InChI is InChI=1S/C19H19N3O/c1-14(2)16-8-6-15(7-9-16)11-17(12-20)19(23)22-13-18-5-3-4-10-21-18/h3-11,14H,13H2,1-2H3,(H,22,23)/b17-11+. The lowest BCUT2D eigenvalue weighted by Crippen LogP contribution is -2.24. The van der Waals surface area contributed by atoms with Crippen LogP contribution in [-0.2, 0) is 11.3 Å². The Balaban J connectivity index is 2.06. The predicted octanol–water partition coefficient (Wildman–Crippen LogP) is 3.43. The Morgan fingerprint density at radius 3 is 2.57 bits per heavy atom. The second-order valence-electron chi connectivity index (χ2n) is 5.49. The first-order chi connectivity index (χ1) is 11.1. The van der Waals surface area contributed by atoms with Crippen molar-refractivity contribution in [2.45, 2.75) is 26.3 Å². The van der Waals surface area contributed by atoms with Gasteiger partial charge in [-0.15, -0.1) is 0 Å². The number of hydrogen-bond donors (Lipinski definition) is 1. The first-order valence-electron chi connectivity index (χ1n) is 7.50. The topological polar surface area (TPSA) is 65.8 Å². The molecule has 4 heteroatoms. The minimum Gasteiger partial charge on any atom is -0.346 e. The van der Waals surface area contributed by atoms with Gasteiger partial charge in [0.05, 0.1) is 12.2 Å². The van der Waals surface area contributed by atoms with Gasteiger partial charge in [-0.05, 0) is 35.3 Å². The summed E-state index contributed by atoms with van der Waals surface area (Å²) in [5.74, 6) is 0.0521. The quantitative estimate of drug-likeness (QED) is 0.680. The van der Waals surface area contributed by atoms with Gasteiger partial charge in [-0.2, -0.15) is 5.26 Å². The molecule has 0 fully saturated rings. The molecule has 1 aromatic carbocycles. The predicted molar refractivity (Wildman–Crippen MR) is 90.2 cm³/mol. The maximum absolute atomic E-state index is 12.1. The van der Waals surface area contributed by atoms with Crippen LogP contribution in [0.15, 0.2) is 54.2 Å². The van der Waals surface area contributed by atoms with Crippen molar-refractivity contribution in [2.75, 3.05) is 0 Å². The monoisotopic (exact) mass is 305 g/mol. The van der Waals surface area contributed by atoms with E-state index in [0.29, 0.717) is 12.5 Å². The number of benzene rings is 1. The van der Waals surface area contributed by atoms with Crippen LogP contribution in [0.2, 0.25) is 0 Å². The molecule has 0 aliphatic heterocycles. The van der Waals surface area contributed by atoms with Gasteiger partial charge in [-0.1, -0.05) is 44.2 Å². The molecular formula is C19H19N3O. The maximum atomic E-state index is 12.1. The third-order valence-electron chi connectivity index (χ3n) is 3.44. The highest BCUT2D eigenvalue weighted by molar-refractivity contribution is 6.01. The molecule has 0 unspecified atom stereocenters. The highest BCUT2D eigenvalue weighted by Crippen LogP contribution is 2.16. The summed E-state index contributed by atoms with van der Waals surface area (Å²) < 4.78 is 0. The van der Waals surface area contributed by atoms with E-state index in [1.54, 1.807) is 12.3 Å². The summed E-state index contributed by atoms with van der Waals surface area (Å²) in [6, 6.07) is 15.3. The molecule has 0 radical (unpaired) electrons. The lowest BCUT2D eigenvalue weighted by Gasteiger charge is -2.06. The van der Waals surface area contributed by atoms with Gasteiger partial charge < -0.3 is 5.32 Å². The Bertz CT molecular complexity index is 725. The number of hydrogen-bond acceptors (Lipinski definition) is 3. The van der Waals surface area contributed by atoms with E-state index in [2.05, 4.69) is 24.1 Å². The van der Waals surface area contributed by atoms with Gasteiger partial charge >= 0.3 is 0 Å². The van der Waals surface area contributed by atoms with Crippen LogP contribution in [0.5, 0.6) is 0 Å². The summed E-state index contributed by atoms with van der Waals surface area (Å²) in [6.07, 6.45) is 3.26. The van der Waals surface area contributed by atoms with Crippen LogP contribution in [0.3, 0.4) is 0 Å². The number of carbonyl (C=O) groups is 1. The van der Waals surface area contributed by atoms with E-state index in [-0.39, 0.29) is 5.57 Å². The average Bonchev–Trinajstić information content (AvgIpc) is 2.59. The van der Waals surface area contributed by atoms with Gasteiger partial charge in [-0.25, -0.2) is 0 Å². The number of nitrogens with zero attached hydrogens (tertiary/aromatic N) is 2. The van der Waals surface area contributed by atoms with Gasteiger partial charge in [0.1, 0.15) is 11.6 Å². The van der Waals surface area contributed by atoms with E-state index in [9.17, 15) is 10.1 Å². The maximum Gasteiger partial charge on any atom is 0.262 e. The van der Waals surface area contributed by atoms with E-state index in [4.69, 9.17) is 0 Å². The van der Waals surface area contributed by atoms with Crippen LogP contribution in [0, 0.1) is 11.3 Å². The van der Waals surface area contributed by atoms with Gasteiger partial charge in [0.25, 0.3) is 5.91 Å². The van der Waals surface area contributed by atoms with Crippen molar-refractivity contribution >= 4 is 12.0 Å². The number of amides is 1. The fourth-order valence-corrected chi connectivity index (χ4v) is 2.06. The Morgan fingerprint density at radius 1 is 1.26 bits per heavy atom. The molecule has 0 atom stereocenters. The molecular weight excluding hydrogens is 286 g/mol. The second-order valence-corrected chi connectivity index (χ2v) is 5.49. The van der Waals surface area contributed by atoms with Gasteiger partial charge in [0, 0.05) is 6.20 Å². The molecule has 1 aromatic heterocycles. The van der Waals surface area contributed by atoms with Crippen LogP contribution < -0.4 is 5.32 Å². The highest BCUT2D eigenvalue weighted by Gasteiger charge is 2.09. The molecule has 0 saturated heterocycles. The first kappa shape index (κ1) is 16.4. The molecule has 4 nitrogen and oxygen atoms in total. The molecule has 23 heavy (non-hydrogen) atoms. The lowest BCUT2D eigenvalue weighted by molar-refractivity contribution is -0.117. The lowest BCUT2D eigenvalue weighted by atomic mass is 10.0. The van der Waals surface area contributed by atoms with E-state index in [0.717, 1.165) is 11.3 Å². The van der Waals surface area contributed by atoms with Crippen molar-refractivity contribution in [1.29, 1.82) is 5.26 Å². The largest absolute Gasteiger partial charge is 0.346 e. The molecule has 0 bridgehead atoms. The molecule has 0 spiro atoms. The average molecular weight is 305 g/mol. The summed E-state index contributed by atoms with van der Waals surface area (Å²) in [5.41, 5.74) is 2.89. The molecule has 1 heterocycles. The summed E-state index contributed by atoms with van der Waals surface area (Å²) in [5, 5.41) is 11.9. The van der Waals surface area contributed by atoms with Crippen molar-refractivity contribution in [3.8, 4) is 6.07 Å². The SMILES string of the molecule is CC(C)c1ccc(/C=C(\C#N)C(=O)NCc2ccccn2)cc1. The Morgan fingerprint density at radius 2 is 2.00 bits per heavy atom. The fraction of sp³-hybridized carbons (Fsp3) is 0.211. The Labute approximate surface area is 136 Å². The normalized spacial score (nSPS) is 11.1. The molecule has 0 aliphatic rings. The molecule has 0 aliphatic carbocycles. The molecule has 1 amide bonds. The highest BCUT2D eigenvalue weighted by atomic mass is 16.1. The van der Waals surface area contributed by atoms with Gasteiger partial charge in [-0.3, -0.25) is 9.78 Å². The van der Waals surface area contributed by atoms with E-state index < -0.39 is 5.91 Å². The van der Waals surface area contributed by atoms with Gasteiger partial charge in [0.2, 0.25) is 0 Å². The van der Waals surface area contributed by atoms with Crippen LogP contribution in [0.25, 0.3) is 6.08 Å². The van der Waals surface area contributed by atoms with Crippen LogP contribution in [-0.4, -0.2) is 10.9 Å². The molecule has 116 valence electrons. The Hall–Kier alpha value is -2.93. The number of nitriles is 1. The van der Waals surface area contributed by atoms with Crippen LogP contribution in [0.4, 0.5) is 0 Å². The van der Waals surface area contributed by atoms with Crippen molar-refractivity contribution in [1.82, 2.24) is 10.3 Å². The number of aromatic nitrogens is 1. The third-order valence-corrected chi connectivity index (χ3v) is 3.44. The van der Waals surface area contributed by atoms with Crippen molar-refractivity contribution in [3.05, 3.63) is 71.1 Å². The molecule has 2 aromatic rings. The zero-order valence-corrected chi connectivity index (χ0v) is 13.3. The third kappa shape index (κ3) is 4.79. The minimum absolute atomic E-state index is 0.0817. The summed E-state index contributed by atoms with van der Waals surface area (Å²) in [4.78, 5) is 16.2. The van der Waals surface area contributed by atoms with Crippen molar-refractivity contribution in [3.63, 3.8) is 0 Å². The first-order valence-corrected chi connectivity index (χ1v) is 7.50. The Kier molecular flexibility index (Phi) is 5.65. The number of rotatable bonds is 5. The summed E-state index contributed by atoms with van der Waals surface area (Å²) in [7, 11) is 0.